The monoisotopic (exact) mass is 207 g/mol. The third-order valence-electron chi connectivity index (χ3n) is 1.99. The van der Waals surface area contributed by atoms with Gasteiger partial charge in [-0.25, -0.2) is 8.42 Å². The topological polar surface area (TPSA) is 83.5 Å². The molecule has 76 valence electrons. The number of aliphatic hydroxyl groups excluding tert-OH is 1. The first-order valence-electron chi connectivity index (χ1n) is 4.12. The van der Waals surface area contributed by atoms with Crippen LogP contribution >= 0.6 is 0 Å². The van der Waals surface area contributed by atoms with Gasteiger partial charge in [0.25, 0.3) is 0 Å². The fourth-order valence-electron chi connectivity index (χ4n) is 1.28. The molecule has 0 aromatic carbocycles. The molecule has 1 aliphatic heterocycles. The van der Waals surface area contributed by atoms with Crippen LogP contribution in [-0.2, 0) is 14.6 Å². The van der Waals surface area contributed by atoms with Gasteiger partial charge in [0.1, 0.15) is 0 Å². The zero-order valence-corrected chi connectivity index (χ0v) is 8.17. The molecule has 0 aliphatic carbocycles. The van der Waals surface area contributed by atoms with Crippen molar-refractivity contribution in [2.45, 2.75) is 25.5 Å². The van der Waals surface area contributed by atoms with E-state index in [-0.39, 0.29) is 17.4 Å². The van der Waals surface area contributed by atoms with E-state index in [0.717, 1.165) is 0 Å². The largest absolute Gasteiger partial charge is 0.390 e. The molecule has 0 saturated carbocycles. The van der Waals surface area contributed by atoms with Crippen molar-refractivity contribution < 1.29 is 18.3 Å². The van der Waals surface area contributed by atoms with Crippen molar-refractivity contribution in [2.24, 2.45) is 0 Å². The van der Waals surface area contributed by atoms with Crippen molar-refractivity contribution in [3.63, 3.8) is 0 Å². The Morgan fingerprint density at radius 3 is 2.54 bits per heavy atom. The van der Waals surface area contributed by atoms with Crippen LogP contribution in [0.5, 0.6) is 0 Å². The van der Waals surface area contributed by atoms with E-state index in [4.69, 9.17) is 0 Å². The fraction of sp³-hybridized carbons (Fsp3) is 0.857. The molecule has 5 nitrogen and oxygen atoms in total. The summed E-state index contributed by atoms with van der Waals surface area (Å²) >= 11 is 0. The highest BCUT2D eigenvalue weighted by molar-refractivity contribution is 7.91. The van der Waals surface area contributed by atoms with E-state index in [1.54, 1.807) is 6.92 Å². The van der Waals surface area contributed by atoms with Gasteiger partial charge in [-0.15, -0.1) is 0 Å². The van der Waals surface area contributed by atoms with Gasteiger partial charge in [0.2, 0.25) is 5.91 Å². The Morgan fingerprint density at radius 1 is 1.54 bits per heavy atom. The molecule has 1 heterocycles. The summed E-state index contributed by atoms with van der Waals surface area (Å²) in [6.07, 6.45) is -0.663. The van der Waals surface area contributed by atoms with Crippen LogP contribution < -0.4 is 5.32 Å². The Kier molecular flexibility index (Phi) is 2.92. The first kappa shape index (κ1) is 10.5. The molecule has 2 N–H and O–H groups in total. The number of hydrogen-bond donors (Lipinski definition) is 2. The molecule has 2 atom stereocenters. The Bertz CT molecular complexity index is 298. The van der Waals surface area contributed by atoms with Gasteiger partial charge in [-0.3, -0.25) is 4.79 Å². The zero-order valence-electron chi connectivity index (χ0n) is 7.36. The summed E-state index contributed by atoms with van der Waals surface area (Å²) in [5.41, 5.74) is 0. The molecule has 0 aromatic heterocycles. The highest BCUT2D eigenvalue weighted by Gasteiger charge is 2.36. The molecule has 0 radical (unpaired) electrons. The number of nitrogens with one attached hydrogen (secondary N) is 1. The predicted octanol–water partition coefficient (Wildman–Crippen LogP) is -1.33. The normalized spacial score (nSPS) is 31.5. The lowest BCUT2D eigenvalue weighted by atomic mass is 10.2. The first-order valence-corrected chi connectivity index (χ1v) is 5.94. The van der Waals surface area contributed by atoms with Crippen LogP contribution in [0.3, 0.4) is 0 Å². The van der Waals surface area contributed by atoms with Crippen molar-refractivity contribution in [1.29, 1.82) is 0 Å². The molecule has 1 fully saturated rings. The molecule has 0 bridgehead atoms. The fourth-order valence-corrected chi connectivity index (χ4v) is 3.02. The number of rotatable bonds is 2. The van der Waals surface area contributed by atoms with Crippen molar-refractivity contribution >= 4 is 15.7 Å². The highest BCUT2D eigenvalue weighted by Crippen LogP contribution is 2.12. The van der Waals surface area contributed by atoms with Gasteiger partial charge in [0.05, 0.1) is 23.7 Å². The first-order chi connectivity index (χ1) is 5.94. The lowest BCUT2D eigenvalue weighted by Crippen LogP contribution is -2.42. The van der Waals surface area contributed by atoms with Crippen molar-refractivity contribution in [3.05, 3.63) is 0 Å². The van der Waals surface area contributed by atoms with Crippen molar-refractivity contribution in [3.8, 4) is 0 Å². The van der Waals surface area contributed by atoms with Gasteiger partial charge in [-0.1, -0.05) is 6.92 Å². The van der Waals surface area contributed by atoms with E-state index < -0.39 is 22.0 Å². The standard InChI is InChI=1S/C7H13NO4S/c1-2-7(10)8-5-3-13(11,12)4-6(5)9/h5-6,9H,2-4H2,1H3,(H,8,10)/t5-,6+/m0/s1. The Labute approximate surface area is 77.1 Å². The van der Waals surface area contributed by atoms with Gasteiger partial charge in [-0.05, 0) is 0 Å². The number of sulfone groups is 1. The molecule has 1 saturated heterocycles. The van der Waals surface area contributed by atoms with Crippen LogP contribution in [0.4, 0.5) is 0 Å². The summed E-state index contributed by atoms with van der Waals surface area (Å²) in [5.74, 6) is -0.636. The van der Waals surface area contributed by atoms with Crippen LogP contribution in [0.1, 0.15) is 13.3 Å². The van der Waals surface area contributed by atoms with Crippen LogP contribution in [0.25, 0.3) is 0 Å². The van der Waals surface area contributed by atoms with Gasteiger partial charge in [0, 0.05) is 6.42 Å². The van der Waals surface area contributed by atoms with Gasteiger partial charge in [-0.2, -0.15) is 0 Å². The predicted molar refractivity (Wildman–Crippen MR) is 46.9 cm³/mol. The highest BCUT2D eigenvalue weighted by atomic mass is 32.2. The molecular weight excluding hydrogens is 194 g/mol. The quantitative estimate of drug-likeness (QED) is 0.587. The summed E-state index contributed by atoms with van der Waals surface area (Å²) in [4.78, 5) is 10.9. The molecular formula is C7H13NO4S. The maximum atomic E-state index is 11.0. The summed E-state index contributed by atoms with van der Waals surface area (Å²) in [6.45, 7) is 1.67. The second kappa shape index (κ2) is 3.63. The molecule has 0 spiro atoms. The summed E-state index contributed by atoms with van der Waals surface area (Å²) in [6, 6.07) is -0.627. The van der Waals surface area contributed by atoms with Gasteiger partial charge >= 0.3 is 0 Å². The number of carbonyl (C=O) groups is 1. The number of hydrogen-bond acceptors (Lipinski definition) is 4. The minimum atomic E-state index is -3.16. The molecule has 0 aromatic rings. The van der Waals surface area contributed by atoms with Crippen LogP contribution in [0.15, 0.2) is 0 Å². The maximum Gasteiger partial charge on any atom is 0.220 e. The Balaban J connectivity index is 2.59. The zero-order chi connectivity index (χ0) is 10.1. The minimum absolute atomic E-state index is 0.153. The lowest BCUT2D eigenvalue weighted by Gasteiger charge is -2.13. The van der Waals surface area contributed by atoms with E-state index in [1.165, 1.54) is 0 Å². The maximum absolute atomic E-state index is 11.0. The smallest absolute Gasteiger partial charge is 0.220 e. The molecule has 1 rings (SSSR count). The van der Waals surface area contributed by atoms with E-state index in [9.17, 15) is 18.3 Å². The molecule has 1 amide bonds. The minimum Gasteiger partial charge on any atom is -0.390 e. The van der Waals surface area contributed by atoms with Crippen LogP contribution in [0.2, 0.25) is 0 Å². The van der Waals surface area contributed by atoms with Crippen molar-refractivity contribution in [2.75, 3.05) is 11.5 Å². The number of aliphatic hydroxyl groups is 1. The van der Waals surface area contributed by atoms with Crippen molar-refractivity contribution in [1.82, 2.24) is 5.32 Å². The molecule has 13 heavy (non-hydrogen) atoms. The van der Waals surface area contributed by atoms with E-state index in [1.807, 2.05) is 0 Å². The van der Waals surface area contributed by atoms with Crippen LogP contribution in [-0.4, -0.2) is 43.1 Å². The summed E-state index contributed by atoms with van der Waals surface area (Å²) < 4.78 is 22.0. The van der Waals surface area contributed by atoms with Gasteiger partial charge in [0.15, 0.2) is 9.84 Å². The SMILES string of the molecule is CCC(=O)N[C@H]1CS(=O)(=O)C[C@H]1O. The lowest BCUT2D eigenvalue weighted by molar-refractivity contribution is -0.121. The Hall–Kier alpha value is -0.620. The summed E-state index contributed by atoms with van der Waals surface area (Å²) in [7, 11) is -3.16. The second-order valence-electron chi connectivity index (χ2n) is 3.17. The average molecular weight is 207 g/mol. The third kappa shape index (κ3) is 2.67. The van der Waals surface area contributed by atoms with E-state index in [2.05, 4.69) is 5.32 Å². The molecule has 1 aliphatic rings. The van der Waals surface area contributed by atoms with Crippen LogP contribution in [0, 0.1) is 0 Å². The van der Waals surface area contributed by atoms with E-state index in [0.29, 0.717) is 6.42 Å². The molecule has 6 heteroatoms. The second-order valence-corrected chi connectivity index (χ2v) is 5.33. The van der Waals surface area contributed by atoms with E-state index >= 15 is 0 Å². The molecule has 0 unspecified atom stereocenters. The third-order valence-corrected chi connectivity index (χ3v) is 3.71. The summed E-state index contributed by atoms with van der Waals surface area (Å²) in [5, 5.41) is 11.7. The number of carbonyl (C=O) groups excluding carboxylic acids is 1. The Morgan fingerprint density at radius 2 is 2.15 bits per heavy atom. The van der Waals surface area contributed by atoms with Gasteiger partial charge < -0.3 is 10.4 Å². The number of amides is 1. The average Bonchev–Trinajstić information content (AvgIpc) is 2.24.